The average Bonchev–Trinajstić information content (AvgIpc) is 2.52. The third kappa shape index (κ3) is 3.26. The number of rotatable bonds is 5. The van der Waals surface area contributed by atoms with Crippen molar-refractivity contribution in [2.24, 2.45) is 5.84 Å². The van der Waals surface area contributed by atoms with E-state index < -0.39 is 4.92 Å². The molecule has 3 N–H and O–H groups in total. The van der Waals surface area contributed by atoms with Crippen LogP contribution in [0, 0.1) is 21.4 Å². The number of anilines is 1. The molecule has 0 heterocycles. The first-order valence-electron chi connectivity index (χ1n) is 6.01. The molecule has 0 aliphatic carbocycles. The maximum Gasteiger partial charge on any atom is 0.269 e. The number of nitrogens with two attached hydrogens (primary N) is 1. The summed E-state index contributed by atoms with van der Waals surface area (Å²) < 4.78 is 5.55. The predicted octanol–water partition coefficient (Wildman–Crippen LogP) is 2.33. The number of ether oxygens (including phenoxy) is 1. The lowest BCUT2D eigenvalue weighted by molar-refractivity contribution is -0.384. The number of benzene rings is 2. The van der Waals surface area contributed by atoms with Crippen molar-refractivity contribution in [2.75, 3.05) is 5.43 Å². The summed E-state index contributed by atoms with van der Waals surface area (Å²) >= 11 is 0. The number of non-ortho nitro benzene ring substituents is 1. The summed E-state index contributed by atoms with van der Waals surface area (Å²) in [6.45, 7) is 0.0555. The third-order valence-corrected chi connectivity index (χ3v) is 2.85. The van der Waals surface area contributed by atoms with Crippen molar-refractivity contribution in [3.8, 4) is 11.8 Å². The van der Waals surface area contributed by atoms with Gasteiger partial charge in [0.1, 0.15) is 18.4 Å². The van der Waals surface area contributed by atoms with Gasteiger partial charge in [0, 0.05) is 17.7 Å². The summed E-state index contributed by atoms with van der Waals surface area (Å²) in [5, 5.41) is 19.8. The first kappa shape index (κ1) is 14.3. The number of nitro benzene ring substituents is 1. The van der Waals surface area contributed by atoms with Crippen LogP contribution in [0.15, 0.2) is 42.5 Å². The van der Waals surface area contributed by atoms with Gasteiger partial charge in [0.15, 0.2) is 0 Å². The van der Waals surface area contributed by atoms with Gasteiger partial charge in [-0.3, -0.25) is 16.0 Å². The van der Waals surface area contributed by atoms with E-state index >= 15 is 0 Å². The maximum atomic E-state index is 10.8. The van der Waals surface area contributed by atoms with Gasteiger partial charge in [-0.05, 0) is 18.2 Å². The molecule has 0 aromatic heterocycles. The zero-order valence-electron chi connectivity index (χ0n) is 10.9. The molecular formula is C14H12N4O3. The highest BCUT2D eigenvalue weighted by Gasteiger charge is 2.11. The van der Waals surface area contributed by atoms with Gasteiger partial charge in [-0.25, -0.2) is 0 Å². The van der Waals surface area contributed by atoms with Gasteiger partial charge in [0.2, 0.25) is 0 Å². The first-order chi connectivity index (χ1) is 10.2. The van der Waals surface area contributed by atoms with Crippen LogP contribution in [-0.2, 0) is 6.61 Å². The first-order valence-corrected chi connectivity index (χ1v) is 6.01. The van der Waals surface area contributed by atoms with Gasteiger partial charge in [-0.15, -0.1) is 0 Å². The lowest BCUT2D eigenvalue weighted by Crippen LogP contribution is -2.11. The van der Waals surface area contributed by atoms with Crippen molar-refractivity contribution in [2.45, 2.75) is 6.61 Å². The smallest absolute Gasteiger partial charge is 0.269 e. The van der Waals surface area contributed by atoms with E-state index in [1.54, 1.807) is 24.3 Å². The molecular weight excluding hydrogens is 272 g/mol. The summed E-state index contributed by atoms with van der Waals surface area (Å²) in [6.07, 6.45) is 0. The van der Waals surface area contributed by atoms with E-state index in [0.29, 0.717) is 22.6 Å². The SMILES string of the molecule is N#Cc1ccccc1OCc1cc([N+](=O)[O-])ccc1NN. The van der Waals surface area contributed by atoms with Gasteiger partial charge in [-0.1, -0.05) is 12.1 Å². The molecule has 2 aromatic rings. The maximum absolute atomic E-state index is 10.8. The van der Waals surface area contributed by atoms with Gasteiger partial charge in [-0.2, -0.15) is 5.26 Å². The number of para-hydroxylation sites is 1. The Bertz CT molecular complexity index is 710. The lowest BCUT2D eigenvalue weighted by atomic mass is 10.1. The van der Waals surface area contributed by atoms with Crippen molar-refractivity contribution in [3.63, 3.8) is 0 Å². The Hall–Kier alpha value is -3.11. The molecule has 0 fully saturated rings. The molecule has 0 unspecified atom stereocenters. The molecule has 106 valence electrons. The molecule has 0 amide bonds. The highest BCUT2D eigenvalue weighted by atomic mass is 16.6. The minimum absolute atomic E-state index is 0.0545. The topological polar surface area (TPSA) is 114 Å². The molecule has 7 heteroatoms. The molecule has 0 radical (unpaired) electrons. The fourth-order valence-electron chi connectivity index (χ4n) is 1.79. The highest BCUT2D eigenvalue weighted by Crippen LogP contribution is 2.24. The van der Waals surface area contributed by atoms with Gasteiger partial charge in [0.25, 0.3) is 5.69 Å². The minimum atomic E-state index is -0.493. The fourth-order valence-corrected chi connectivity index (χ4v) is 1.79. The van der Waals surface area contributed by atoms with Crippen molar-refractivity contribution in [1.29, 1.82) is 5.26 Å². The number of nitro groups is 1. The quantitative estimate of drug-likeness (QED) is 0.494. The second kappa shape index (κ2) is 6.36. The van der Waals surface area contributed by atoms with E-state index in [9.17, 15) is 10.1 Å². The highest BCUT2D eigenvalue weighted by molar-refractivity contribution is 5.55. The normalized spacial score (nSPS) is 9.71. The number of nitrogens with one attached hydrogen (secondary N) is 1. The number of nitrogens with zero attached hydrogens (tertiary/aromatic N) is 2. The Labute approximate surface area is 120 Å². The molecule has 2 aromatic carbocycles. The largest absolute Gasteiger partial charge is 0.487 e. The van der Waals surface area contributed by atoms with Crippen molar-refractivity contribution >= 4 is 11.4 Å². The molecule has 0 aliphatic rings. The molecule has 0 saturated carbocycles. The van der Waals surface area contributed by atoms with E-state index in [4.69, 9.17) is 15.8 Å². The Kier molecular flexibility index (Phi) is 4.33. The minimum Gasteiger partial charge on any atom is -0.487 e. The Balaban J connectivity index is 2.25. The molecule has 0 aliphatic heterocycles. The van der Waals surface area contributed by atoms with Crippen molar-refractivity contribution in [1.82, 2.24) is 0 Å². The van der Waals surface area contributed by atoms with Crippen LogP contribution in [0.1, 0.15) is 11.1 Å². The molecule has 21 heavy (non-hydrogen) atoms. The standard InChI is InChI=1S/C14H12N4O3/c15-8-10-3-1-2-4-14(10)21-9-11-7-12(18(19)20)5-6-13(11)17-16/h1-7,17H,9,16H2. The molecule has 0 saturated heterocycles. The molecule has 0 bridgehead atoms. The van der Waals surface area contributed by atoms with Crippen LogP contribution >= 0.6 is 0 Å². The van der Waals surface area contributed by atoms with Crippen LogP contribution in [0.3, 0.4) is 0 Å². The molecule has 7 nitrogen and oxygen atoms in total. The molecule has 0 spiro atoms. The number of hydrogen-bond acceptors (Lipinski definition) is 6. The van der Waals surface area contributed by atoms with Gasteiger partial charge < -0.3 is 10.2 Å². The van der Waals surface area contributed by atoms with Crippen LogP contribution in [0.25, 0.3) is 0 Å². The summed E-state index contributed by atoms with van der Waals surface area (Å²) in [7, 11) is 0. The van der Waals surface area contributed by atoms with Crippen LogP contribution in [0.2, 0.25) is 0 Å². The number of hydrazine groups is 1. The Morgan fingerprint density at radius 3 is 2.76 bits per heavy atom. The summed E-state index contributed by atoms with van der Waals surface area (Å²) in [5.41, 5.74) is 3.85. The summed E-state index contributed by atoms with van der Waals surface area (Å²) in [4.78, 5) is 10.3. The summed E-state index contributed by atoms with van der Waals surface area (Å²) in [5.74, 6) is 5.79. The van der Waals surface area contributed by atoms with E-state index in [0.717, 1.165) is 0 Å². The second-order valence-corrected chi connectivity index (χ2v) is 4.14. The van der Waals surface area contributed by atoms with E-state index in [-0.39, 0.29) is 12.3 Å². The van der Waals surface area contributed by atoms with Crippen LogP contribution < -0.4 is 16.0 Å². The third-order valence-electron chi connectivity index (χ3n) is 2.85. The Morgan fingerprint density at radius 2 is 2.10 bits per heavy atom. The second-order valence-electron chi connectivity index (χ2n) is 4.14. The van der Waals surface area contributed by atoms with Crippen LogP contribution in [0.4, 0.5) is 11.4 Å². The zero-order valence-corrected chi connectivity index (χ0v) is 10.9. The Morgan fingerprint density at radius 1 is 1.33 bits per heavy atom. The van der Waals surface area contributed by atoms with Gasteiger partial charge >= 0.3 is 0 Å². The van der Waals surface area contributed by atoms with Crippen molar-refractivity contribution in [3.05, 3.63) is 63.7 Å². The number of hydrogen-bond donors (Lipinski definition) is 2. The zero-order chi connectivity index (χ0) is 15.2. The monoisotopic (exact) mass is 284 g/mol. The lowest BCUT2D eigenvalue weighted by Gasteiger charge is -2.11. The predicted molar refractivity (Wildman–Crippen MR) is 76.4 cm³/mol. The van der Waals surface area contributed by atoms with E-state index in [1.165, 1.54) is 18.2 Å². The van der Waals surface area contributed by atoms with E-state index in [1.807, 2.05) is 6.07 Å². The molecule has 0 atom stereocenters. The summed E-state index contributed by atoms with van der Waals surface area (Å²) in [6, 6.07) is 13.0. The van der Waals surface area contributed by atoms with Crippen LogP contribution in [0.5, 0.6) is 5.75 Å². The van der Waals surface area contributed by atoms with Crippen molar-refractivity contribution < 1.29 is 9.66 Å². The molecule has 2 rings (SSSR count). The number of nitriles is 1. The van der Waals surface area contributed by atoms with E-state index in [2.05, 4.69) is 5.43 Å². The van der Waals surface area contributed by atoms with Crippen LogP contribution in [-0.4, -0.2) is 4.92 Å². The average molecular weight is 284 g/mol. The van der Waals surface area contributed by atoms with Gasteiger partial charge in [0.05, 0.1) is 16.2 Å². The number of nitrogen functional groups attached to an aromatic ring is 1. The fraction of sp³-hybridized carbons (Fsp3) is 0.0714.